The monoisotopic (exact) mass is 701 g/mol. The van der Waals surface area contributed by atoms with Crippen molar-refractivity contribution in [1.29, 1.82) is 0 Å². The summed E-state index contributed by atoms with van der Waals surface area (Å²) in [5.41, 5.74) is 0. The summed E-state index contributed by atoms with van der Waals surface area (Å²) in [6.07, 6.45) is 48.2. The molecule has 0 aliphatic carbocycles. The summed E-state index contributed by atoms with van der Waals surface area (Å²) in [5.74, 6) is -0.426. The molecule has 290 valence electrons. The Morgan fingerprint density at radius 3 is 1.44 bits per heavy atom. The molecule has 5 heteroatoms. The summed E-state index contributed by atoms with van der Waals surface area (Å²) < 4.78 is 17.2. The fourth-order valence-corrected chi connectivity index (χ4v) is 5.73. The van der Waals surface area contributed by atoms with Crippen LogP contribution < -0.4 is 0 Å². The van der Waals surface area contributed by atoms with E-state index in [4.69, 9.17) is 14.2 Å². The van der Waals surface area contributed by atoms with Crippen LogP contribution in [-0.4, -0.2) is 37.9 Å². The summed E-state index contributed by atoms with van der Waals surface area (Å²) in [6, 6.07) is 0. The molecule has 0 fully saturated rings. The fourth-order valence-electron chi connectivity index (χ4n) is 5.73. The predicted octanol–water partition coefficient (Wildman–Crippen LogP) is 13.7. The Labute approximate surface area is 310 Å². The second-order valence-electron chi connectivity index (χ2n) is 13.9. The van der Waals surface area contributed by atoms with Gasteiger partial charge in [-0.2, -0.15) is 0 Å². The van der Waals surface area contributed by atoms with Gasteiger partial charge in [0.25, 0.3) is 0 Å². The lowest BCUT2D eigenvalue weighted by atomic mass is 10.1. The van der Waals surface area contributed by atoms with Crippen molar-refractivity contribution in [1.82, 2.24) is 0 Å². The van der Waals surface area contributed by atoms with Crippen molar-refractivity contribution in [3.8, 4) is 0 Å². The molecule has 0 aliphatic rings. The van der Waals surface area contributed by atoms with Gasteiger partial charge in [-0.05, 0) is 57.8 Å². The molecule has 1 atom stereocenters. The SMILES string of the molecule is CC/C=C\C/C=C\C/C=C\C/C=C\CCCCCCC(=O)OCC(COCCCCCCCCCC)OC(=O)CCCCCCCCCCC. The highest BCUT2D eigenvalue weighted by Gasteiger charge is 2.17. The van der Waals surface area contributed by atoms with E-state index in [1.807, 2.05) is 0 Å². The van der Waals surface area contributed by atoms with Crippen LogP contribution in [0, 0.1) is 0 Å². The molecule has 0 spiro atoms. The Bertz CT molecular complexity index is 842. The van der Waals surface area contributed by atoms with Gasteiger partial charge in [0.05, 0.1) is 6.61 Å². The van der Waals surface area contributed by atoms with Gasteiger partial charge in [0.1, 0.15) is 6.61 Å². The van der Waals surface area contributed by atoms with Crippen LogP contribution in [-0.2, 0) is 23.8 Å². The van der Waals surface area contributed by atoms with Crippen LogP contribution >= 0.6 is 0 Å². The topological polar surface area (TPSA) is 61.8 Å². The van der Waals surface area contributed by atoms with E-state index in [1.54, 1.807) is 0 Å². The summed E-state index contributed by atoms with van der Waals surface area (Å²) in [7, 11) is 0. The minimum atomic E-state index is -0.537. The second kappa shape index (κ2) is 41.3. The zero-order chi connectivity index (χ0) is 36.4. The highest BCUT2D eigenvalue weighted by Crippen LogP contribution is 2.13. The van der Waals surface area contributed by atoms with Crippen molar-refractivity contribution in [3.05, 3.63) is 48.6 Å². The number of allylic oxidation sites excluding steroid dienone is 8. The maximum absolute atomic E-state index is 12.6. The van der Waals surface area contributed by atoms with Crippen molar-refractivity contribution in [3.63, 3.8) is 0 Å². The molecule has 0 saturated heterocycles. The standard InChI is InChI=1S/C45H80O5/c1-4-7-10-13-16-19-20-21-22-23-24-25-26-28-29-32-35-38-44(46)49-42-43(41-48-40-37-34-31-18-15-12-9-6-3)50-45(47)39-36-33-30-27-17-14-11-8-5-2/h7,10,16,19,21-22,24-25,43H,4-6,8-9,11-15,17-18,20,23,26-42H2,1-3H3/b10-7-,19-16-,22-21-,25-24-. The molecule has 50 heavy (non-hydrogen) atoms. The molecule has 1 unspecified atom stereocenters. The number of hydrogen-bond donors (Lipinski definition) is 0. The van der Waals surface area contributed by atoms with Gasteiger partial charge in [-0.3, -0.25) is 9.59 Å². The number of ether oxygens (including phenoxy) is 3. The Morgan fingerprint density at radius 1 is 0.460 bits per heavy atom. The zero-order valence-corrected chi connectivity index (χ0v) is 33.2. The molecule has 0 heterocycles. The molecule has 0 bridgehead atoms. The Hall–Kier alpha value is -2.14. The van der Waals surface area contributed by atoms with E-state index in [0.29, 0.717) is 19.4 Å². The normalized spacial score (nSPS) is 12.6. The third-order valence-corrected chi connectivity index (χ3v) is 8.88. The van der Waals surface area contributed by atoms with Crippen molar-refractivity contribution in [2.45, 2.75) is 207 Å². The smallest absolute Gasteiger partial charge is 0.306 e. The first-order valence-corrected chi connectivity index (χ1v) is 21.2. The van der Waals surface area contributed by atoms with Gasteiger partial charge in [-0.25, -0.2) is 0 Å². The molecule has 5 nitrogen and oxygen atoms in total. The highest BCUT2D eigenvalue weighted by atomic mass is 16.6. The minimum absolute atomic E-state index is 0.0750. The number of esters is 2. The number of carbonyl (C=O) groups excluding carboxylic acids is 2. The van der Waals surface area contributed by atoms with Crippen molar-refractivity contribution in [2.24, 2.45) is 0 Å². The molecule has 0 amide bonds. The van der Waals surface area contributed by atoms with Crippen molar-refractivity contribution >= 4 is 11.9 Å². The summed E-state index contributed by atoms with van der Waals surface area (Å²) in [5, 5.41) is 0. The van der Waals surface area contributed by atoms with E-state index in [9.17, 15) is 9.59 Å². The van der Waals surface area contributed by atoms with Crippen LogP contribution in [0.2, 0.25) is 0 Å². The van der Waals surface area contributed by atoms with Crippen LogP contribution in [0.25, 0.3) is 0 Å². The largest absolute Gasteiger partial charge is 0.462 e. The molecule has 0 aromatic rings. The minimum Gasteiger partial charge on any atom is -0.462 e. The van der Waals surface area contributed by atoms with Crippen LogP contribution in [0.4, 0.5) is 0 Å². The molecular formula is C45H80O5. The molecule has 0 aromatic heterocycles. The molecule has 0 rings (SSSR count). The highest BCUT2D eigenvalue weighted by molar-refractivity contribution is 5.70. The fraction of sp³-hybridized carbons (Fsp3) is 0.778. The zero-order valence-electron chi connectivity index (χ0n) is 33.2. The van der Waals surface area contributed by atoms with E-state index in [1.165, 1.54) is 83.5 Å². The number of carbonyl (C=O) groups is 2. The van der Waals surface area contributed by atoms with E-state index >= 15 is 0 Å². The maximum atomic E-state index is 12.6. The van der Waals surface area contributed by atoms with Crippen LogP contribution in [0.3, 0.4) is 0 Å². The molecule has 0 N–H and O–H groups in total. The van der Waals surface area contributed by atoms with Crippen LogP contribution in [0.1, 0.15) is 201 Å². The third-order valence-electron chi connectivity index (χ3n) is 8.88. The average molecular weight is 701 g/mol. The molecule has 0 aromatic carbocycles. The number of rotatable bonds is 38. The molecular weight excluding hydrogens is 620 g/mol. The quantitative estimate of drug-likeness (QED) is 0.0364. The third kappa shape index (κ3) is 38.7. The van der Waals surface area contributed by atoms with E-state index in [-0.39, 0.29) is 25.2 Å². The lowest BCUT2D eigenvalue weighted by molar-refractivity contribution is -0.163. The molecule has 0 radical (unpaired) electrons. The molecule has 0 aliphatic heterocycles. The Kier molecular flexibility index (Phi) is 39.5. The predicted molar refractivity (Wildman–Crippen MR) is 215 cm³/mol. The van der Waals surface area contributed by atoms with Gasteiger partial charge in [0.2, 0.25) is 0 Å². The van der Waals surface area contributed by atoms with Gasteiger partial charge >= 0.3 is 11.9 Å². The van der Waals surface area contributed by atoms with Gasteiger partial charge in [-0.1, -0.05) is 179 Å². The van der Waals surface area contributed by atoms with Crippen LogP contribution in [0.5, 0.6) is 0 Å². The number of hydrogen-bond acceptors (Lipinski definition) is 5. The first-order chi connectivity index (χ1) is 24.6. The van der Waals surface area contributed by atoms with Crippen molar-refractivity contribution in [2.75, 3.05) is 19.8 Å². The van der Waals surface area contributed by atoms with Gasteiger partial charge in [0, 0.05) is 19.4 Å². The maximum Gasteiger partial charge on any atom is 0.306 e. The van der Waals surface area contributed by atoms with E-state index < -0.39 is 6.10 Å². The lowest BCUT2D eigenvalue weighted by Crippen LogP contribution is -2.30. The Balaban J connectivity index is 4.20. The summed E-state index contributed by atoms with van der Waals surface area (Å²) in [4.78, 5) is 25.1. The average Bonchev–Trinajstić information content (AvgIpc) is 3.11. The first-order valence-electron chi connectivity index (χ1n) is 21.2. The van der Waals surface area contributed by atoms with Gasteiger partial charge in [0.15, 0.2) is 6.10 Å². The van der Waals surface area contributed by atoms with Gasteiger partial charge in [-0.15, -0.1) is 0 Å². The van der Waals surface area contributed by atoms with E-state index in [2.05, 4.69) is 69.4 Å². The van der Waals surface area contributed by atoms with E-state index in [0.717, 1.165) is 83.5 Å². The van der Waals surface area contributed by atoms with Crippen LogP contribution in [0.15, 0.2) is 48.6 Å². The number of unbranched alkanes of at least 4 members (excludes halogenated alkanes) is 19. The summed E-state index contributed by atoms with van der Waals surface area (Å²) in [6.45, 7) is 7.65. The second-order valence-corrected chi connectivity index (χ2v) is 13.9. The first kappa shape index (κ1) is 47.9. The Morgan fingerprint density at radius 2 is 0.900 bits per heavy atom. The lowest BCUT2D eigenvalue weighted by Gasteiger charge is -2.18. The van der Waals surface area contributed by atoms with Crippen molar-refractivity contribution < 1.29 is 23.8 Å². The summed E-state index contributed by atoms with van der Waals surface area (Å²) >= 11 is 0. The molecule has 0 saturated carbocycles. The van der Waals surface area contributed by atoms with Gasteiger partial charge < -0.3 is 14.2 Å².